The highest BCUT2D eigenvalue weighted by atomic mass is 16.7. The summed E-state index contributed by atoms with van der Waals surface area (Å²) >= 11 is 0. The topological polar surface area (TPSA) is 79.4 Å². The zero-order valence-corrected chi connectivity index (χ0v) is 15.5. The van der Waals surface area contributed by atoms with Gasteiger partial charge < -0.3 is 28.6 Å². The van der Waals surface area contributed by atoms with Crippen molar-refractivity contribution in [2.45, 2.75) is 37.8 Å². The molecule has 3 heterocycles. The second-order valence-electron chi connectivity index (χ2n) is 6.43. The summed E-state index contributed by atoms with van der Waals surface area (Å²) in [5.41, 5.74) is -0.279. The Morgan fingerprint density at radius 2 is 2.04 bits per heavy atom. The number of carbonyl (C=O) groups is 1. The second-order valence-corrected chi connectivity index (χ2v) is 6.43. The van der Waals surface area contributed by atoms with Gasteiger partial charge in [-0.15, -0.1) is 0 Å². The molecule has 2 atom stereocenters. The van der Waals surface area contributed by atoms with Crippen molar-refractivity contribution < 1.29 is 28.5 Å². The quantitative estimate of drug-likeness (QED) is 0.482. The number of β-lactam (4-membered cyclic amide) rings is 1. The molecule has 0 radical (unpaired) electrons. The fourth-order valence-electron chi connectivity index (χ4n) is 3.58. The number of likely N-dealkylation sites (tertiary alicyclic amines) is 1. The lowest BCUT2D eigenvalue weighted by molar-refractivity contribution is -0.234. The molecule has 0 spiro atoms. The average molecular weight is 366 g/mol. The minimum Gasteiger partial charge on any atom is -0.486 e. The Morgan fingerprint density at radius 3 is 2.73 bits per heavy atom. The van der Waals surface area contributed by atoms with Crippen LogP contribution in [0.2, 0.25) is 0 Å². The predicted octanol–water partition coefficient (Wildman–Crippen LogP) is 1.37. The van der Waals surface area contributed by atoms with Crippen molar-refractivity contribution in [2.24, 2.45) is 0 Å². The number of ether oxygens (including phenoxy) is 5. The number of hydrogen-bond acceptors (Lipinski definition) is 7. The third-order valence-electron chi connectivity index (χ3n) is 4.73. The van der Waals surface area contributed by atoms with Gasteiger partial charge in [0.2, 0.25) is 0 Å². The zero-order chi connectivity index (χ0) is 18.6. The maximum Gasteiger partial charge on any atom is 0.259 e. The van der Waals surface area contributed by atoms with Crippen LogP contribution in [0.25, 0.3) is 0 Å². The van der Waals surface area contributed by atoms with E-state index in [0.29, 0.717) is 31.1 Å². The van der Waals surface area contributed by atoms with Crippen LogP contribution >= 0.6 is 0 Å². The van der Waals surface area contributed by atoms with E-state index < -0.39 is 5.60 Å². The van der Waals surface area contributed by atoms with Crippen LogP contribution in [0.5, 0.6) is 11.5 Å². The van der Waals surface area contributed by atoms with Gasteiger partial charge in [0.1, 0.15) is 26.7 Å². The summed E-state index contributed by atoms with van der Waals surface area (Å²) in [4.78, 5) is 19.1. The van der Waals surface area contributed by atoms with Gasteiger partial charge in [0.15, 0.2) is 17.1 Å². The van der Waals surface area contributed by atoms with Gasteiger partial charge in [0.05, 0.1) is 12.2 Å². The van der Waals surface area contributed by atoms with Crippen molar-refractivity contribution in [2.75, 3.05) is 41.0 Å². The van der Waals surface area contributed by atoms with Crippen LogP contribution in [0.4, 0.5) is 0 Å². The molecule has 144 valence electrons. The van der Waals surface area contributed by atoms with Crippen LogP contribution in [0.1, 0.15) is 25.5 Å². The molecule has 3 rings (SSSR count). The van der Waals surface area contributed by atoms with E-state index in [0.717, 1.165) is 18.5 Å². The van der Waals surface area contributed by atoms with Crippen molar-refractivity contribution in [3.8, 4) is 11.5 Å². The number of rotatable bonds is 9. The molecule has 0 aliphatic carbocycles. The van der Waals surface area contributed by atoms with Gasteiger partial charge in [-0.05, 0) is 6.42 Å². The Balaban J connectivity index is 1.86. The zero-order valence-electron chi connectivity index (χ0n) is 15.5. The van der Waals surface area contributed by atoms with E-state index in [1.807, 2.05) is 6.07 Å². The molecule has 2 aliphatic rings. The van der Waals surface area contributed by atoms with Crippen molar-refractivity contribution in [1.82, 2.24) is 9.88 Å². The molecule has 1 aromatic heterocycles. The van der Waals surface area contributed by atoms with Crippen LogP contribution in [-0.4, -0.2) is 68.4 Å². The molecular formula is C18H26N2O6. The monoisotopic (exact) mass is 366 g/mol. The van der Waals surface area contributed by atoms with Crippen LogP contribution in [-0.2, 0) is 25.4 Å². The van der Waals surface area contributed by atoms with Crippen molar-refractivity contribution in [1.29, 1.82) is 0 Å². The summed E-state index contributed by atoms with van der Waals surface area (Å²) in [5.74, 6) is 1.17. The van der Waals surface area contributed by atoms with Crippen molar-refractivity contribution in [3.63, 3.8) is 0 Å². The molecule has 1 amide bonds. The van der Waals surface area contributed by atoms with E-state index in [1.165, 1.54) is 0 Å². The summed E-state index contributed by atoms with van der Waals surface area (Å²) in [6.07, 6.45) is 3.71. The van der Waals surface area contributed by atoms with E-state index in [1.54, 1.807) is 25.3 Å². The number of nitrogens with zero attached hydrogens (tertiary/aromatic N) is 2. The van der Waals surface area contributed by atoms with Gasteiger partial charge in [-0.1, -0.05) is 13.3 Å². The van der Waals surface area contributed by atoms with Crippen LogP contribution < -0.4 is 9.47 Å². The largest absolute Gasteiger partial charge is 0.486 e. The molecule has 2 aliphatic heterocycles. The summed E-state index contributed by atoms with van der Waals surface area (Å²) in [7, 11) is 3.12. The Bertz CT molecular complexity index is 640. The van der Waals surface area contributed by atoms with E-state index in [-0.39, 0.29) is 25.5 Å². The molecule has 1 aromatic rings. The van der Waals surface area contributed by atoms with Crippen LogP contribution in [0.3, 0.4) is 0 Å². The molecule has 0 N–H and O–H groups in total. The lowest BCUT2D eigenvalue weighted by Crippen LogP contribution is -2.76. The molecule has 1 saturated heterocycles. The standard InChI is InChI=1S/C18H26N2O6/c1-4-5-16-18(26-12-23-3,17(21)20(16)11-22-2)9-13-8-14-15(10-19-13)25-7-6-24-14/h8,10,16H,4-7,9,11-12H2,1-3H3/t16-,18?/m0/s1. The first-order chi connectivity index (χ1) is 12.7. The Kier molecular flexibility index (Phi) is 5.95. The van der Waals surface area contributed by atoms with E-state index in [4.69, 9.17) is 23.7 Å². The number of methoxy groups -OCH3 is 2. The molecule has 0 bridgehead atoms. The maximum atomic E-state index is 12.9. The van der Waals surface area contributed by atoms with Gasteiger partial charge in [-0.3, -0.25) is 9.78 Å². The summed E-state index contributed by atoms with van der Waals surface area (Å²) in [6.45, 7) is 3.38. The van der Waals surface area contributed by atoms with Gasteiger partial charge in [0, 0.05) is 32.4 Å². The first kappa shape index (κ1) is 18.9. The van der Waals surface area contributed by atoms with Gasteiger partial charge in [0.25, 0.3) is 5.91 Å². The Labute approximate surface area is 153 Å². The fraction of sp³-hybridized carbons (Fsp3) is 0.667. The lowest BCUT2D eigenvalue weighted by Gasteiger charge is -2.55. The van der Waals surface area contributed by atoms with E-state index in [2.05, 4.69) is 11.9 Å². The van der Waals surface area contributed by atoms with E-state index >= 15 is 0 Å². The highest BCUT2D eigenvalue weighted by molar-refractivity contribution is 5.93. The van der Waals surface area contributed by atoms with Crippen LogP contribution in [0.15, 0.2) is 12.3 Å². The molecule has 8 heteroatoms. The van der Waals surface area contributed by atoms with Gasteiger partial charge >= 0.3 is 0 Å². The maximum absolute atomic E-state index is 12.9. The Hall–Kier alpha value is -1.90. The van der Waals surface area contributed by atoms with Crippen LogP contribution in [0, 0.1) is 0 Å². The first-order valence-electron chi connectivity index (χ1n) is 8.83. The highest BCUT2D eigenvalue weighted by Crippen LogP contribution is 2.41. The Morgan fingerprint density at radius 1 is 1.27 bits per heavy atom. The van der Waals surface area contributed by atoms with Crippen molar-refractivity contribution >= 4 is 5.91 Å². The number of amides is 1. The molecule has 1 fully saturated rings. The average Bonchev–Trinajstić information content (AvgIpc) is 2.67. The normalized spacial score (nSPS) is 24.5. The third kappa shape index (κ3) is 3.36. The van der Waals surface area contributed by atoms with Gasteiger partial charge in [-0.2, -0.15) is 0 Å². The number of aromatic nitrogens is 1. The lowest BCUT2D eigenvalue weighted by atomic mass is 9.76. The summed E-state index contributed by atoms with van der Waals surface area (Å²) < 4.78 is 27.3. The molecule has 0 aromatic carbocycles. The second kappa shape index (κ2) is 8.20. The number of pyridine rings is 1. The van der Waals surface area contributed by atoms with Crippen molar-refractivity contribution in [3.05, 3.63) is 18.0 Å². The molecule has 26 heavy (non-hydrogen) atoms. The van der Waals surface area contributed by atoms with E-state index in [9.17, 15) is 4.79 Å². The molecule has 0 saturated carbocycles. The molecule has 1 unspecified atom stereocenters. The summed E-state index contributed by atoms with van der Waals surface area (Å²) in [6, 6.07) is 1.73. The minimum absolute atomic E-state index is 0.0390. The number of carbonyl (C=O) groups excluding carboxylic acids is 1. The van der Waals surface area contributed by atoms with Gasteiger partial charge in [-0.25, -0.2) is 0 Å². The molecular weight excluding hydrogens is 340 g/mol. The fourth-order valence-corrected chi connectivity index (χ4v) is 3.58. The smallest absolute Gasteiger partial charge is 0.259 e. The first-order valence-corrected chi connectivity index (χ1v) is 8.83. The highest BCUT2D eigenvalue weighted by Gasteiger charge is 2.61. The third-order valence-corrected chi connectivity index (χ3v) is 4.73. The minimum atomic E-state index is -0.999. The SMILES string of the molecule is CCC[C@@H]1N(COC)C(=O)C1(Cc1cc2c(cn1)OCCO2)OCOC. The molecule has 8 nitrogen and oxygen atoms in total. The number of fused-ring (bicyclic) bond motifs is 1. The number of hydrogen-bond donors (Lipinski definition) is 0. The predicted molar refractivity (Wildman–Crippen MR) is 92.0 cm³/mol. The summed E-state index contributed by atoms with van der Waals surface area (Å²) in [5, 5.41) is 0.